The molecule has 0 aromatic heterocycles. The van der Waals surface area contributed by atoms with Crippen LogP contribution in [0.2, 0.25) is 0 Å². The maximum absolute atomic E-state index is 12.0. The average molecular weight is 347 g/mol. The molecule has 0 saturated carbocycles. The van der Waals surface area contributed by atoms with Crippen molar-refractivity contribution in [2.75, 3.05) is 27.1 Å². The predicted molar refractivity (Wildman–Crippen MR) is 95.1 cm³/mol. The van der Waals surface area contributed by atoms with Gasteiger partial charge in [0.05, 0.1) is 27.1 Å². The molecule has 24 heavy (non-hydrogen) atoms. The van der Waals surface area contributed by atoms with Crippen LogP contribution in [-0.2, 0) is 11.3 Å². The molecular formula is C18H21NO4S. The SMILES string of the molecule is COc1ccc(CNC(=O)CSc2ccccc2)c(OC)c1OC. The second-order valence-electron chi connectivity index (χ2n) is 4.87. The minimum atomic E-state index is -0.0410. The Morgan fingerprint density at radius 3 is 2.29 bits per heavy atom. The number of rotatable bonds is 8. The lowest BCUT2D eigenvalue weighted by atomic mass is 10.1. The molecule has 0 atom stereocenters. The molecule has 0 heterocycles. The maximum Gasteiger partial charge on any atom is 0.230 e. The van der Waals surface area contributed by atoms with Gasteiger partial charge in [0.2, 0.25) is 11.7 Å². The number of nitrogens with one attached hydrogen (secondary N) is 1. The van der Waals surface area contributed by atoms with E-state index in [1.165, 1.54) is 11.8 Å². The van der Waals surface area contributed by atoms with E-state index in [2.05, 4.69) is 5.32 Å². The largest absolute Gasteiger partial charge is 0.493 e. The Kier molecular flexibility index (Phi) is 6.81. The van der Waals surface area contributed by atoms with Gasteiger partial charge in [0.25, 0.3) is 0 Å². The summed E-state index contributed by atoms with van der Waals surface area (Å²) in [6, 6.07) is 13.5. The fourth-order valence-electron chi connectivity index (χ4n) is 2.21. The standard InChI is InChI=1S/C18H21NO4S/c1-21-15-10-9-13(17(22-2)18(15)23-3)11-19-16(20)12-24-14-7-5-4-6-8-14/h4-10H,11-12H2,1-3H3,(H,19,20). The van der Waals surface area contributed by atoms with Crippen molar-refractivity contribution in [1.82, 2.24) is 5.32 Å². The highest BCUT2D eigenvalue weighted by Gasteiger charge is 2.16. The van der Waals surface area contributed by atoms with Gasteiger partial charge in [0, 0.05) is 17.0 Å². The number of carbonyl (C=O) groups excluding carboxylic acids is 1. The quantitative estimate of drug-likeness (QED) is 0.744. The summed E-state index contributed by atoms with van der Waals surface area (Å²) < 4.78 is 16.0. The van der Waals surface area contributed by atoms with Gasteiger partial charge in [-0.3, -0.25) is 4.79 Å². The van der Waals surface area contributed by atoms with Crippen LogP contribution in [0.15, 0.2) is 47.4 Å². The summed E-state index contributed by atoms with van der Waals surface area (Å²) in [5, 5.41) is 2.90. The van der Waals surface area contributed by atoms with E-state index in [0.29, 0.717) is 29.5 Å². The van der Waals surface area contributed by atoms with Gasteiger partial charge in [-0.05, 0) is 24.3 Å². The lowest BCUT2D eigenvalue weighted by Gasteiger charge is -2.16. The zero-order valence-electron chi connectivity index (χ0n) is 14.0. The Morgan fingerprint density at radius 2 is 1.67 bits per heavy atom. The lowest BCUT2D eigenvalue weighted by Crippen LogP contribution is -2.24. The van der Waals surface area contributed by atoms with E-state index in [4.69, 9.17) is 14.2 Å². The summed E-state index contributed by atoms with van der Waals surface area (Å²) in [6.07, 6.45) is 0. The van der Waals surface area contributed by atoms with Gasteiger partial charge in [-0.15, -0.1) is 11.8 Å². The van der Waals surface area contributed by atoms with Crippen LogP contribution in [-0.4, -0.2) is 33.0 Å². The van der Waals surface area contributed by atoms with Crippen molar-refractivity contribution >= 4 is 17.7 Å². The van der Waals surface area contributed by atoms with Gasteiger partial charge in [-0.1, -0.05) is 18.2 Å². The minimum absolute atomic E-state index is 0.0410. The van der Waals surface area contributed by atoms with Gasteiger partial charge in [0.15, 0.2) is 11.5 Å². The van der Waals surface area contributed by atoms with Crippen LogP contribution in [0.25, 0.3) is 0 Å². The van der Waals surface area contributed by atoms with Gasteiger partial charge in [0.1, 0.15) is 0 Å². The molecule has 0 aliphatic carbocycles. The topological polar surface area (TPSA) is 56.8 Å². The summed E-state index contributed by atoms with van der Waals surface area (Å²) in [4.78, 5) is 13.1. The zero-order valence-corrected chi connectivity index (χ0v) is 14.8. The first-order valence-electron chi connectivity index (χ1n) is 7.42. The molecule has 0 unspecified atom stereocenters. The van der Waals surface area contributed by atoms with E-state index < -0.39 is 0 Å². The van der Waals surface area contributed by atoms with Crippen LogP contribution in [0.1, 0.15) is 5.56 Å². The van der Waals surface area contributed by atoms with Crippen LogP contribution in [0.4, 0.5) is 0 Å². The molecule has 0 saturated heterocycles. The van der Waals surface area contributed by atoms with Crippen molar-refractivity contribution in [1.29, 1.82) is 0 Å². The molecule has 0 fully saturated rings. The first-order valence-corrected chi connectivity index (χ1v) is 8.40. The molecule has 1 amide bonds. The molecule has 6 heteroatoms. The molecular weight excluding hydrogens is 326 g/mol. The molecule has 128 valence electrons. The van der Waals surface area contributed by atoms with Crippen LogP contribution in [0.5, 0.6) is 17.2 Å². The molecule has 2 rings (SSSR count). The fourth-order valence-corrected chi connectivity index (χ4v) is 2.96. The number of ether oxygens (including phenoxy) is 3. The van der Waals surface area contributed by atoms with E-state index >= 15 is 0 Å². The van der Waals surface area contributed by atoms with E-state index in [1.54, 1.807) is 27.4 Å². The Labute approximate surface area is 146 Å². The number of hydrogen-bond donors (Lipinski definition) is 1. The molecule has 2 aromatic carbocycles. The maximum atomic E-state index is 12.0. The van der Waals surface area contributed by atoms with Crippen LogP contribution in [0, 0.1) is 0 Å². The van der Waals surface area contributed by atoms with Crippen molar-refractivity contribution in [3.05, 3.63) is 48.0 Å². The van der Waals surface area contributed by atoms with E-state index in [1.807, 2.05) is 36.4 Å². The fraction of sp³-hybridized carbons (Fsp3) is 0.278. The second kappa shape index (κ2) is 9.08. The average Bonchev–Trinajstić information content (AvgIpc) is 2.64. The van der Waals surface area contributed by atoms with Crippen molar-refractivity contribution in [3.63, 3.8) is 0 Å². The zero-order chi connectivity index (χ0) is 17.4. The summed E-state index contributed by atoms with van der Waals surface area (Å²) >= 11 is 1.50. The molecule has 0 bridgehead atoms. The van der Waals surface area contributed by atoms with Crippen molar-refractivity contribution < 1.29 is 19.0 Å². The molecule has 0 aliphatic heterocycles. The first kappa shape index (κ1) is 18.0. The van der Waals surface area contributed by atoms with Crippen molar-refractivity contribution in [2.24, 2.45) is 0 Å². The molecule has 1 N–H and O–H groups in total. The monoisotopic (exact) mass is 347 g/mol. The Hall–Kier alpha value is -2.34. The van der Waals surface area contributed by atoms with Crippen LogP contribution < -0.4 is 19.5 Å². The summed E-state index contributed by atoms with van der Waals surface area (Å²) in [7, 11) is 4.69. The first-order chi connectivity index (χ1) is 11.7. The Balaban J connectivity index is 1.97. The Morgan fingerprint density at radius 1 is 0.958 bits per heavy atom. The highest BCUT2D eigenvalue weighted by Crippen LogP contribution is 2.39. The number of amides is 1. The third-order valence-electron chi connectivity index (χ3n) is 3.37. The highest BCUT2D eigenvalue weighted by atomic mass is 32.2. The molecule has 0 radical (unpaired) electrons. The van der Waals surface area contributed by atoms with Crippen molar-refractivity contribution in [3.8, 4) is 17.2 Å². The molecule has 5 nitrogen and oxygen atoms in total. The van der Waals surface area contributed by atoms with E-state index in [0.717, 1.165) is 10.5 Å². The molecule has 0 aliphatic rings. The van der Waals surface area contributed by atoms with Gasteiger partial charge >= 0.3 is 0 Å². The molecule has 0 spiro atoms. The number of carbonyl (C=O) groups is 1. The van der Waals surface area contributed by atoms with Crippen LogP contribution in [0.3, 0.4) is 0 Å². The summed E-state index contributed by atoms with van der Waals surface area (Å²) in [5.74, 6) is 1.99. The summed E-state index contributed by atoms with van der Waals surface area (Å²) in [5.41, 5.74) is 0.827. The van der Waals surface area contributed by atoms with Gasteiger partial charge in [-0.25, -0.2) is 0 Å². The lowest BCUT2D eigenvalue weighted by molar-refractivity contribution is -0.118. The number of benzene rings is 2. The minimum Gasteiger partial charge on any atom is -0.493 e. The van der Waals surface area contributed by atoms with Crippen molar-refractivity contribution in [2.45, 2.75) is 11.4 Å². The van der Waals surface area contributed by atoms with Gasteiger partial charge < -0.3 is 19.5 Å². The van der Waals surface area contributed by atoms with E-state index in [9.17, 15) is 4.79 Å². The second-order valence-corrected chi connectivity index (χ2v) is 5.92. The number of methoxy groups -OCH3 is 3. The third kappa shape index (κ3) is 4.58. The van der Waals surface area contributed by atoms with E-state index in [-0.39, 0.29) is 5.91 Å². The van der Waals surface area contributed by atoms with Crippen LogP contribution >= 0.6 is 11.8 Å². The number of hydrogen-bond acceptors (Lipinski definition) is 5. The third-order valence-corrected chi connectivity index (χ3v) is 4.39. The molecule has 2 aromatic rings. The smallest absolute Gasteiger partial charge is 0.230 e. The predicted octanol–water partition coefficient (Wildman–Crippen LogP) is 3.12. The normalized spacial score (nSPS) is 10.1. The van der Waals surface area contributed by atoms with Gasteiger partial charge in [-0.2, -0.15) is 0 Å². The Bertz CT molecular complexity index is 676. The number of thioether (sulfide) groups is 1. The summed E-state index contributed by atoms with van der Waals surface area (Å²) in [6.45, 7) is 0.359. The highest BCUT2D eigenvalue weighted by molar-refractivity contribution is 8.00.